The smallest absolute Gasteiger partial charge is 0.339 e. The van der Waals surface area contributed by atoms with Crippen LogP contribution in [0, 0.1) is 0 Å². The molecule has 0 radical (unpaired) electrons. The molecule has 0 bridgehead atoms. The van der Waals surface area contributed by atoms with Gasteiger partial charge in [0.15, 0.2) is 0 Å². The minimum absolute atomic E-state index is 0.177. The Bertz CT molecular complexity index is 808. The zero-order valence-electron chi connectivity index (χ0n) is 14.1. The molecule has 2 aromatic heterocycles. The molecule has 2 heterocycles. The Balaban J connectivity index is 2.54. The molecule has 2 aromatic rings. The van der Waals surface area contributed by atoms with Crippen molar-refractivity contribution < 1.29 is 19.1 Å². The molecular formula is C16H20N2O5S. The number of hydrogen-bond donors (Lipinski definition) is 0. The van der Waals surface area contributed by atoms with Gasteiger partial charge in [-0.15, -0.1) is 11.3 Å². The number of esters is 2. The number of ether oxygens (including phenoxy) is 2. The Labute approximate surface area is 143 Å². The third-order valence-corrected chi connectivity index (χ3v) is 4.25. The van der Waals surface area contributed by atoms with Crippen LogP contribution in [0.1, 0.15) is 50.5 Å². The summed E-state index contributed by atoms with van der Waals surface area (Å²) in [5.41, 5.74) is -0.271. The Morgan fingerprint density at radius 1 is 1.33 bits per heavy atom. The van der Waals surface area contributed by atoms with E-state index in [1.54, 1.807) is 33.1 Å². The maximum absolute atomic E-state index is 12.8. The highest BCUT2D eigenvalue weighted by atomic mass is 32.1. The van der Waals surface area contributed by atoms with Gasteiger partial charge in [0.1, 0.15) is 10.9 Å². The Kier molecular flexibility index (Phi) is 5.71. The molecule has 7 nitrogen and oxygen atoms in total. The van der Waals surface area contributed by atoms with Crippen molar-refractivity contribution >= 4 is 33.5 Å². The summed E-state index contributed by atoms with van der Waals surface area (Å²) >= 11 is 1.19. The maximum atomic E-state index is 12.8. The molecule has 0 aromatic carbocycles. The fourth-order valence-corrected chi connectivity index (χ4v) is 3.18. The number of nitrogens with zero attached hydrogens (tertiary/aromatic N) is 2. The normalized spacial score (nSPS) is 12.4. The number of carbonyl (C=O) groups is 2. The van der Waals surface area contributed by atoms with Gasteiger partial charge in [0.25, 0.3) is 5.56 Å². The lowest BCUT2D eigenvalue weighted by Gasteiger charge is -2.18. The van der Waals surface area contributed by atoms with Crippen LogP contribution in [-0.2, 0) is 14.3 Å². The van der Waals surface area contributed by atoms with Gasteiger partial charge >= 0.3 is 11.9 Å². The van der Waals surface area contributed by atoms with E-state index in [2.05, 4.69) is 4.98 Å². The first-order valence-corrected chi connectivity index (χ1v) is 8.64. The summed E-state index contributed by atoms with van der Waals surface area (Å²) in [6.45, 7) is 7.17. The predicted molar refractivity (Wildman–Crippen MR) is 90.4 cm³/mol. The zero-order valence-corrected chi connectivity index (χ0v) is 14.9. The van der Waals surface area contributed by atoms with Crippen LogP contribution in [0.25, 0.3) is 10.2 Å². The average Bonchev–Trinajstić information content (AvgIpc) is 2.94. The summed E-state index contributed by atoms with van der Waals surface area (Å²) in [6.07, 6.45) is 1.42. The highest BCUT2D eigenvalue weighted by molar-refractivity contribution is 7.17. The molecule has 8 heteroatoms. The molecule has 0 aliphatic rings. The number of rotatable bonds is 6. The number of hydrogen-bond acceptors (Lipinski definition) is 7. The van der Waals surface area contributed by atoms with Crippen molar-refractivity contribution in [3.63, 3.8) is 0 Å². The van der Waals surface area contributed by atoms with Crippen molar-refractivity contribution in [2.75, 3.05) is 6.61 Å². The quantitative estimate of drug-likeness (QED) is 0.743. The van der Waals surface area contributed by atoms with E-state index in [1.165, 1.54) is 22.2 Å². The molecule has 0 amide bonds. The van der Waals surface area contributed by atoms with Gasteiger partial charge in [-0.05, 0) is 27.2 Å². The molecule has 0 spiro atoms. The van der Waals surface area contributed by atoms with Crippen molar-refractivity contribution in [1.82, 2.24) is 9.55 Å². The standard InChI is InChI=1S/C16H20N2O5S/c1-5-11(16(21)23-9(3)4)18-8-17-13-12(14(18)19)10(7-24-13)15(20)22-6-2/h7-9,11H,5-6H2,1-4H3. The maximum Gasteiger partial charge on any atom is 0.339 e. The zero-order chi connectivity index (χ0) is 17.9. The van der Waals surface area contributed by atoms with Crippen LogP contribution < -0.4 is 5.56 Å². The van der Waals surface area contributed by atoms with Gasteiger partial charge in [0.2, 0.25) is 0 Å². The summed E-state index contributed by atoms with van der Waals surface area (Å²) in [6, 6.07) is -0.785. The van der Waals surface area contributed by atoms with E-state index < -0.39 is 23.5 Å². The molecule has 24 heavy (non-hydrogen) atoms. The van der Waals surface area contributed by atoms with E-state index in [-0.39, 0.29) is 23.7 Å². The van der Waals surface area contributed by atoms with Crippen LogP contribution in [0.4, 0.5) is 0 Å². The van der Waals surface area contributed by atoms with E-state index in [0.717, 1.165) is 0 Å². The molecule has 0 fully saturated rings. The van der Waals surface area contributed by atoms with E-state index in [1.807, 2.05) is 0 Å². The van der Waals surface area contributed by atoms with Crippen molar-refractivity contribution in [2.45, 2.75) is 46.3 Å². The second-order valence-corrected chi connectivity index (χ2v) is 6.27. The van der Waals surface area contributed by atoms with Crippen molar-refractivity contribution in [3.05, 3.63) is 27.6 Å². The molecule has 0 saturated carbocycles. The second kappa shape index (κ2) is 7.57. The first kappa shape index (κ1) is 18.1. The van der Waals surface area contributed by atoms with E-state index >= 15 is 0 Å². The molecule has 0 saturated heterocycles. The average molecular weight is 352 g/mol. The molecular weight excluding hydrogens is 332 g/mol. The molecule has 130 valence electrons. The van der Waals surface area contributed by atoms with Crippen molar-refractivity contribution in [3.8, 4) is 0 Å². The molecule has 1 atom stereocenters. The third kappa shape index (κ3) is 3.48. The SMILES string of the molecule is CCOC(=O)c1csc2ncn(C(CC)C(=O)OC(C)C)c(=O)c12. The Morgan fingerprint density at radius 2 is 2.04 bits per heavy atom. The highest BCUT2D eigenvalue weighted by Gasteiger charge is 2.25. The van der Waals surface area contributed by atoms with Gasteiger partial charge in [0.05, 0.1) is 30.0 Å². The lowest BCUT2D eigenvalue weighted by Crippen LogP contribution is -2.32. The van der Waals surface area contributed by atoms with Gasteiger partial charge in [-0.3, -0.25) is 9.36 Å². The first-order valence-electron chi connectivity index (χ1n) is 7.76. The summed E-state index contributed by atoms with van der Waals surface area (Å²) < 4.78 is 11.4. The molecule has 0 aliphatic carbocycles. The fourth-order valence-electron chi connectivity index (χ4n) is 2.31. The van der Waals surface area contributed by atoms with Crippen LogP contribution in [0.3, 0.4) is 0 Å². The van der Waals surface area contributed by atoms with Gasteiger partial charge in [-0.25, -0.2) is 14.6 Å². The van der Waals surface area contributed by atoms with Crippen molar-refractivity contribution in [1.29, 1.82) is 0 Å². The highest BCUT2D eigenvalue weighted by Crippen LogP contribution is 2.23. The van der Waals surface area contributed by atoms with Gasteiger partial charge in [0, 0.05) is 5.38 Å². The van der Waals surface area contributed by atoms with Crippen LogP contribution in [0.2, 0.25) is 0 Å². The minimum atomic E-state index is -0.785. The van der Waals surface area contributed by atoms with E-state index in [9.17, 15) is 14.4 Å². The fraction of sp³-hybridized carbons (Fsp3) is 0.500. The Morgan fingerprint density at radius 3 is 2.62 bits per heavy atom. The van der Waals surface area contributed by atoms with E-state index in [4.69, 9.17) is 9.47 Å². The van der Waals surface area contributed by atoms with Crippen molar-refractivity contribution in [2.24, 2.45) is 0 Å². The number of fused-ring (bicyclic) bond motifs is 1. The summed E-state index contributed by atoms with van der Waals surface area (Å²) in [7, 11) is 0. The summed E-state index contributed by atoms with van der Waals surface area (Å²) in [5.74, 6) is -1.07. The largest absolute Gasteiger partial charge is 0.462 e. The topological polar surface area (TPSA) is 87.5 Å². The van der Waals surface area contributed by atoms with Gasteiger partial charge in [-0.2, -0.15) is 0 Å². The first-order chi connectivity index (χ1) is 11.4. The molecule has 1 unspecified atom stereocenters. The number of carbonyl (C=O) groups excluding carboxylic acids is 2. The molecule has 0 aliphatic heterocycles. The lowest BCUT2D eigenvalue weighted by atomic mass is 10.2. The van der Waals surface area contributed by atoms with Gasteiger partial charge < -0.3 is 9.47 Å². The van der Waals surface area contributed by atoms with E-state index in [0.29, 0.717) is 11.3 Å². The van der Waals surface area contributed by atoms with Crippen LogP contribution in [0.5, 0.6) is 0 Å². The minimum Gasteiger partial charge on any atom is -0.462 e. The Hall–Kier alpha value is -2.22. The monoisotopic (exact) mass is 352 g/mol. The van der Waals surface area contributed by atoms with Crippen LogP contribution in [-0.4, -0.2) is 34.2 Å². The lowest BCUT2D eigenvalue weighted by molar-refractivity contribution is -0.151. The van der Waals surface area contributed by atoms with Crippen LogP contribution >= 0.6 is 11.3 Å². The second-order valence-electron chi connectivity index (χ2n) is 5.42. The van der Waals surface area contributed by atoms with Crippen LogP contribution in [0.15, 0.2) is 16.5 Å². The molecule has 2 rings (SSSR count). The van der Waals surface area contributed by atoms with Gasteiger partial charge in [-0.1, -0.05) is 6.92 Å². The summed E-state index contributed by atoms with van der Waals surface area (Å²) in [4.78, 5) is 41.7. The number of thiophene rings is 1. The molecule has 0 N–H and O–H groups in total. The number of aromatic nitrogens is 2. The predicted octanol–water partition coefficient (Wildman–Crippen LogP) is 2.54. The summed E-state index contributed by atoms with van der Waals surface area (Å²) in [5, 5.41) is 1.73. The third-order valence-electron chi connectivity index (χ3n) is 3.36.